The third kappa shape index (κ3) is 3.86. The molecule has 1 aromatic carbocycles. The average Bonchev–Trinajstić information content (AvgIpc) is 2.41. The van der Waals surface area contributed by atoms with E-state index in [2.05, 4.69) is 30.2 Å². The lowest BCUT2D eigenvalue weighted by molar-refractivity contribution is 0.535. The van der Waals surface area contributed by atoms with Crippen LogP contribution in [0.5, 0.6) is 0 Å². The summed E-state index contributed by atoms with van der Waals surface area (Å²) < 4.78 is 12.9. The third-order valence-corrected chi connectivity index (χ3v) is 3.10. The van der Waals surface area contributed by atoms with Crippen molar-refractivity contribution in [1.29, 1.82) is 0 Å². The SMILES string of the molecule is CCNC(Cc1ccc(F)cc1)c1cc(C)ccn1. The molecule has 0 fully saturated rings. The van der Waals surface area contributed by atoms with Crippen molar-refractivity contribution in [2.75, 3.05) is 6.54 Å². The van der Waals surface area contributed by atoms with E-state index in [1.807, 2.05) is 24.4 Å². The number of hydrogen-bond acceptors (Lipinski definition) is 2. The first kappa shape index (κ1) is 13.7. The van der Waals surface area contributed by atoms with E-state index in [-0.39, 0.29) is 11.9 Å². The molecule has 0 aliphatic rings. The molecule has 0 bridgehead atoms. The summed E-state index contributed by atoms with van der Waals surface area (Å²) in [6.45, 7) is 5.01. The molecule has 0 saturated heterocycles. The molecule has 0 saturated carbocycles. The molecule has 2 aromatic rings. The van der Waals surface area contributed by atoms with Gasteiger partial charge in [-0.3, -0.25) is 4.98 Å². The first-order chi connectivity index (χ1) is 9.19. The van der Waals surface area contributed by atoms with Gasteiger partial charge in [0.15, 0.2) is 0 Å². The highest BCUT2D eigenvalue weighted by molar-refractivity contribution is 5.22. The molecule has 0 spiro atoms. The highest BCUT2D eigenvalue weighted by Gasteiger charge is 2.12. The van der Waals surface area contributed by atoms with E-state index in [1.54, 1.807) is 0 Å². The molecule has 1 atom stereocenters. The minimum atomic E-state index is -0.197. The Morgan fingerprint density at radius 3 is 2.58 bits per heavy atom. The van der Waals surface area contributed by atoms with Crippen molar-refractivity contribution in [3.05, 3.63) is 65.2 Å². The van der Waals surface area contributed by atoms with Gasteiger partial charge in [0.05, 0.1) is 11.7 Å². The topological polar surface area (TPSA) is 24.9 Å². The number of nitrogens with zero attached hydrogens (tertiary/aromatic N) is 1. The van der Waals surface area contributed by atoms with Crippen LogP contribution >= 0.6 is 0 Å². The number of likely N-dealkylation sites (N-methyl/N-ethyl adjacent to an activating group) is 1. The van der Waals surface area contributed by atoms with Gasteiger partial charge in [0.1, 0.15) is 5.82 Å². The van der Waals surface area contributed by atoms with Crippen LogP contribution in [0.4, 0.5) is 4.39 Å². The summed E-state index contributed by atoms with van der Waals surface area (Å²) in [6.07, 6.45) is 2.64. The molecule has 0 aliphatic heterocycles. The van der Waals surface area contributed by atoms with Crippen molar-refractivity contribution in [1.82, 2.24) is 10.3 Å². The second-order valence-electron chi connectivity index (χ2n) is 4.70. The number of pyridine rings is 1. The molecule has 0 amide bonds. The van der Waals surface area contributed by atoms with E-state index >= 15 is 0 Å². The molecular weight excluding hydrogens is 239 g/mol. The monoisotopic (exact) mass is 258 g/mol. The molecule has 1 aromatic heterocycles. The Hall–Kier alpha value is -1.74. The minimum Gasteiger partial charge on any atom is -0.309 e. The van der Waals surface area contributed by atoms with Crippen LogP contribution < -0.4 is 5.32 Å². The number of aryl methyl sites for hydroxylation is 1. The largest absolute Gasteiger partial charge is 0.309 e. The first-order valence-electron chi connectivity index (χ1n) is 6.59. The van der Waals surface area contributed by atoms with E-state index in [4.69, 9.17) is 0 Å². The molecule has 0 radical (unpaired) electrons. The Morgan fingerprint density at radius 2 is 1.95 bits per heavy atom. The van der Waals surface area contributed by atoms with Crippen molar-refractivity contribution >= 4 is 0 Å². The van der Waals surface area contributed by atoms with E-state index in [9.17, 15) is 4.39 Å². The normalized spacial score (nSPS) is 12.4. The summed E-state index contributed by atoms with van der Waals surface area (Å²) in [5.74, 6) is -0.197. The van der Waals surface area contributed by atoms with Gasteiger partial charge >= 0.3 is 0 Å². The van der Waals surface area contributed by atoms with Crippen molar-refractivity contribution in [3.63, 3.8) is 0 Å². The summed E-state index contributed by atoms with van der Waals surface area (Å²) in [5, 5.41) is 3.43. The van der Waals surface area contributed by atoms with Gasteiger partial charge in [0.25, 0.3) is 0 Å². The van der Waals surface area contributed by atoms with Crippen LogP contribution in [-0.2, 0) is 6.42 Å². The molecule has 1 unspecified atom stereocenters. The first-order valence-corrected chi connectivity index (χ1v) is 6.59. The quantitative estimate of drug-likeness (QED) is 0.888. The number of rotatable bonds is 5. The number of halogens is 1. The Balaban J connectivity index is 2.18. The zero-order chi connectivity index (χ0) is 13.7. The molecule has 2 nitrogen and oxygen atoms in total. The zero-order valence-corrected chi connectivity index (χ0v) is 11.4. The maximum Gasteiger partial charge on any atom is 0.123 e. The van der Waals surface area contributed by atoms with Gasteiger partial charge in [-0.2, -0.15) is 0 Å². The fourth-order valence-corrected chi connectivity index (χ4v) is 2.13. The Kier molecular flexibility index (Phi) is 4.63. The van der Waals surface area contributed by atoms with Gasteiger partial charge in [-0.15, -0.1) is 0 Å². The van der Waals surface area contributed by atoms with Gasteiger partial charge in [-0.05, 0) is 55.3 Å². The molecule has 2 rings (SSSR count). The smallest absolute Gasteiger partial charge is 0.123 e. The van der Waals surface area contributed by atoms with Gasteiger partial charge in [0.2, 0.25) is 0 Å². The Morgan fingerprint density at radius 1 is 1.21 bits per heavy atom. The van der Waals surface area contributed by atoms with Crippen molar-refractivity contribution in [2.24, 2.45) is 0 Å². The van der Waals surface area contributed by atoms with Crippen LogP contribution in [0.1, 0.15) is 29.8 Å². The van der Waals surface area contributed by atoms with Crippen LogP contribution in [0.25, 0.3) is 0 Å². The maximum absolute atomic E-state index is 12.9. The van der Waals surface area contributed by atoms with Crippen molar-refractivity contribution in [3.8, 4) is 0 Å². The summed E-state index contributed by atoms with van der Waals surface area (Å²) in [4.78, 5) is 4.44. The predicted molar refractivity (Wildman–Crippen MR) is 75.5 cm³/mol. The van der Waals surface area contributed by atoms with Crippen LogP contribution in [0, 0.1) is 12.7 Å². The second kappa shape index (κ2) is 6.43. The second-order valence-corrected chi connectivity index (χ2v) is 4.70. The minimum absolute atomic E-state index is 0.162. The lowest BCUT2D eigenvalue weighted by Crippen LogP contribution is -2.24. The Labute approximate surface area is 113 Å². The summed E-state index contributed by atoms with van der Waals surface area (Å²) >= 11 is 0. The van der Waals surface area contributed by atoms with Crippen molar-refractivity contribution < 1.29 is 4.39 Å². The van der Waals surface area contributed by atoms with E-state index < -0.39 is 0 Å². The summed E-state index contributed by atoms with van der Waals surface area (Å²) in [6, 6.07) is 10.9. The van der Waals surface area contributed by atoms with Crippen LogP contribution in [0.2, 0.25) is 0 Å². The number of nitrogens with one attached hydrogen (secondary N) is 1. The summed E-state index contributed by atoms with van der Waals surface area (Å²) in [7, 11) is 0. The van der Waals surface area contributed by atoms with Crippen molar-refractivity contribution in [2.45, 2.75) is 26.3 Å². The van der Waals surface area contributed by atoms with E-state index in [1.165, 1.54) is 17.7 Å². The zero-order valence-electron chi connectivity index (χ0n) is 11.4. The number of benzene rings is 1. The van der Waals surface area contributed by atoms with E-state index in [0.29, 0.717) is 0 Å². The maximum atomic E-state index is 12.9. The molecule has 1 N–H and O–H groups in total. The molecule has 100 valence electrons. The lowest BCUT2D eigenvalue weighted by Gasteiger charge is -2.18. The third-order valence-electron chi connectivity index (χ3n) is 3.10. The fraction of sp³-hybridized carbons (Fsp3) is 0.312. The number of hydrogen-bond donors (Lipinski definition) is 1. The molecule has 0 aliphatic carbocycles. The molecular formula is C16H19FN2. The summed E-state index contributed by atoms with van der Waals surface area (Å²) in [5.41, 5.74) is 3.34. The molecule has 19 heavy (non-hydrogen) atoms. The lowest BCUT2D eigenvalue weighted by atomic mass is 10.0. The average molecular weight is 258 g/mol. The van der Waals surface area contributed by atoms with Gasteiger partial charge in [-0.25, -0.2) is 4.39 Å². The van der Waals surface area contributed by atoms with Gasteiger partial charge in [0, 0.05) is 6.20 Å². The highest BCUT2D eigenvalue weighted by Crippen LogP contribution is 2.17. The van der Waals surface area contributed by atoms with Crippen LogP contribution in [-0.4, -0.2) is 11.5 Å². The van der Waals surface area contributed by atoms with Crippen LogP contribution in [0.3, 0.4) is 0 Å². The predicted octanol–water partition coefficient (Wildman–Crippen LogP) is 3.42. The standard InChI is InChI=1S/C16H19FN2/c1-3-18-16(15-10-12(2)8-9-19-15)11-13-4-6-14(17)7-5-13/h4-10,16,18H,3,11H2,1-2H3. The van der Waals surface area contributed by atoms with Crippen LogP contribution in [0.15, 0.2) is 42.6 Å². The fourth-order valence-electron chi connectivity index (χ4n) is 2.13. The van der Waals surface area contributed by atoms with E-state index in [0.717, 1.165) is 24.2 Å². The van der Waals surface area contributed by atoms with Gasteiger partial charge in [-0.1, -0.05) is 19.1 Å². The number of aromatic nitrogens is 1. The highest BCUT2D eigenvalue weighted by atomic mass is 19.1. The molecule has 3 heteroatoms. The molecule has 1 heterocycles. The Bertz CT molecular complexity index is 523. The van der Waals surface area contributed by atoms with Gasteiger partial charge < -0.3 is 5.32 Å².